The molecular weight excluding hydrogens is 348 g/mol. The van der Waals surface area contributed by atoms with Crippen molar-refractivity contribution in [2.45, 2.75) is 18.4 Å². The number of hydrogen-bond donors (Lipinski definition) is 1. The molecule has 1 aromatic heterocycles. The van der Waals surface area contributed by atoms with Gasteiger partial charge in [-0.2, -0.15) is 5.10 Å². The van der Waals surface area contributed by atoms with Gasteiger partial charge < -0.3 is 4.90 Å². The van der Waals surface area contributed by atoms with E-state index < -0.39 is 10.0 Å². The first-order chi connectivity index (χ1) is 12.3. The predicted molar refractivity (Wildman–Crippen MR) is 104 cm³/mol. The van der Waals surface area contributed by atoms with E-state index in [2.05, 4.69) is 14.7 Å². The molecule has 1 heterocycles. The number of aromatic nitrogens is 2. The Morgan fingerprint density at radius 2 is 1.73 bits per heavy atom. The van der Waals surface area contributed by atoms with Crippen LogP contribution in [0.25, 0.3) is 0 Å². The van der Waals surface area contributed by atoms with Crippen LogP contribution in [0.3, 0.4) is 0 Å². The van der Waals surface area contributed by atoms with Crippen LogP contribution in [0.5, 0.6) is 0 Å². The first kappa shape index (κ1) is 18.0. The van der Waals surface area contributed by atoms with Gasteiger partial charge in [-0.05, 0) is 43.3 Å². The van der Waals surface area contributed by atoms with Crippen molar-refractivity contribution >= 4 is 21.4 Å². The van der Waals surface area contributed by atoms with Gasteiger partial charge in [-0.3, -0.25) is 9.40 Å². The second-order valence-electron chi connectivity index (χ2n) is 6.34. The van der Waals surface area contributed by atoms with E-state index in [4.69, 9.17) is 0 Å². The van der Waals surface area contributed by atoms with Crippen LogP contribution in [0.15, 0.2) is 65.8 Å². The summed E-state index contributed by atoms with van der Waals surface area (Å²) in [4.78, 5) is 2.33. The molecule has 7 heteroatoms. The lowest BCUT2D eigenvalue weighted by Crippen LogP contribution is -2.16. The van der Waals surface area contributed by atoms with Crippen LogP contribution < -0.4 is 9.62 Å². The first-order valence-corrected chi connectivity index (χ1v) is 9.70. The van der Waals surface area contributed by atoms with Crippen molar-refractivity contribution in [3.8, 4) is 0 Å². The van der Waals surface area contributed by atoms with Crippen LogP contribution in [0.1, 0.15) is 11.1 Å². The SMILES string of the molecule is Cc1ccc(S(=O)(=O)Nc2ccc(N(C)Cc3cnn(C)c3)cc2)cc1. The van der Waals surface area contributed by atoms with Crippen LogP contribution in [0.4, 0.5) is 11.4 Å². The van der Waals surface area contributed by atoms with Gasteiger partial charge >= 0.3 is 0 Å². The fourth-order valence-electron chi connectivity index (χ4n) is 2.63. The van der Waals surface area contributed by atoms with E-state index in [9.17, 15) is 8.42 Å². The van der Waals surface area contributed by atoms with Crippen molar-refractivity contribution in [1.29, 1.82) is 0 Å². The number of nitrogens with one attached hydrogen (secondary N) is 1. The normalized spacial score (nSPS) is 11.3. The van der Waals surface area contributed by atoms with Gasteiger partial charge in [-0.15, -0.1) is 0 Å². The fraction of sp³-hybridized carbons (Fsp3) is 0.211. The molecule has 26 heavy (non-hydrogen) atoms. The number of aryl methyl sites for hydroxylation is 2. The molecule has 0 aliphatic carbocycles. The molecule has 0 amide bonds. The zero-order valence-electron chi connectivity index (χ0n) is 15.0. The highest BCUT2D eigenvalue weighted by molar-refractivity contribution is 7.92. The highest BCUT2D eigenvalue weighted by Gasteiger charge is 2.14. The standard InChI is InChI=1S/C19H22N4O2S/c1-15-4-10-19(11-5-15)26(24,25)21-17-6-8-18(9-7-17)22(2)13-16-12-20-23(3)14-16/h4-12,14,21H,13H2,1-3H3. The third kappa shape index (κ3) is 4.23. The molecule has 0 aliphatic rings. The molecule has 0 spiro atoms. The van der Waals surface area contributed by atoms with Crippen LogP contribution in [-0.4, -0.2) is 25.2 Å². The number of rotatable bonds is 6. The van der Waals surface area contributed by atoms with Gasteiger partial charge in [-0.25, -0.2) is 8.42 Å². The number of sulfonamides is 1. The van der Waals surface area contributed by atoms with Gasteiger partial charge in [0.05, 0.1) is 11.1 Å². The zero-order valence-corrected chi connectivity index (χ0v) is 15.9. The van der Waals surface area contributed by atoms with Gasteiger partial charge in [0.15, 0.2) is 0 Å². The molecule has 1 N–H and O–H groups in total. The summed E-state index contributed by atoms with van der Waals surface area (Å²) in [5, 5.41) is 4.17. The topological polar surface area (TPSA) is 67.2 Å². The van der Waals surface area contributed by atoms with Gasteiger partial charge in [-0.1, -0.05) is 17.7 Å². The second kappa shape index (κ2) is 7.21. The quantitative estimate of drug-likeness (QED) is 0.724. The molecule has 2 aromatic carbocycles. The Kier molecular flexibility index (Phi) is 4.99. The van der Waals surface area contributed by atoms with Gasteiger partial charge in [0.1, 0.15) is 0 Å². The lowest BCUT2D eigenvalue weighted by atomic mass is 10.2. The van der Waals surface area contributed by atoms with E-state index in [1.54, 1.807) is 41.1 Å². The Balaban J connectivity index is 1.70. The minimum absolute atomic E-state index is 0.251. The monoisotopic (exact) mass is 370 g/mol. The minimum Gasteiger partial charge on any atom is -0.370 e. The molecular formula is C19H22N4O2S. The first-order valence-electron chi connectivity index (χ1n) is 8.22. The van der Waals surface area contributed by atoms with Crippen LogP contribution in [0, 0.1) is 6.92 Å². The molecule has 0 aliphatic heterocycles. The van der Waals surface area contributed by atoms with E-state index in [0.717, 1.165) is 23.4 Å². The highest BCUT2D eigenvalue weighted by atomic mass is 32.2. The second-order valence-corrected chi connectivity index (χ2v) is 8.03. The molecule has 0 fully saturated rings. The third-order valence-corrected chi connectivity index (χ3v) is 5.47. The Morgan fingerprint density at radius 3 is 2.31 bits per heavy atom. The summed E-state index contributed by atoms with van der Waals surface area (Å²) in [6, 6.07) is 14.1. The molecule has 0 saturated carbocycles. The molecule has 0 saturated heterocycles. The molecule has 6 nitrogen and oxygen atoms in total. The van der Waals surface area contributed by atoms with Crippen molar-refractivity contribution < 1.29 is 8.42 Å². The Hall–Kier alpha value is -2.80. The van der Waals surface area contributed by atoms with Crippen molar-refractivity contribution in [3.63, 3.8) is 0 Å². The van der Waals surface area contributed by atoms with Crippen molar-refractivity contribution in [2.24, 2.45) is 7.05 Å². The summed E-state index contributed by atoms with van der Waals surface area (Å²) >= 11 is 0. The molecule has 0 atom stereocenters. The van der Waals surface area contributed by atoms with E-state index in [0.29, 0.717) is 5.69 Å². The smallest absolute Gasteiger partial charge is 0.261 e. The van der Waals surface area contributed by atoms with Crippen molar-refractivity contribution in [2.75, 3.05) is 16.7 Å². The summed E-state index contributed by atoms with van der Waals surface area (Å²) in [5.41, 5.74) is 3.65. The maximum Gasteiger partial charge on any atom is 0.261 e. The third-order valence-electron chi connectivity index (χ3n) is 4.07. The van der Waals surface area contributed by atoms with E-state index >= 15 is 0 Å². The van der Waals surface area contributed by atoms with Gasteiger partial charge in [0.25, 0.3) is 10.0 Å². The van der Waals surface area contributed by atoms with Crippen LogP contribution in [0.2, 0.25) is 0 Å². The zero-order chi connectivity index (χ0) is 18.7. The average molecular weight is 370 g/mol. The molecule has 0 radical (unpaired) electrons. The lowest BCUT2D eigenvalue weighted by Gasteiger charge is -2.19. The van der Waals surface area contributed by atoms with E-state index in [1.165, 1.54) is 0 Å². The minimum atomic E-state index is -3.58. The van der Waals surface area contributed by atoms with Gasteiger partial charge in [0.2, 0.25) is 0 Å². The fourth-order valence-corrected chi connectivity index (χ4v) is 3.69. The summed E-state index contributed by atoms with van der Waals surface area (Å²) in [5.74, 6) is 0. The molecule has 3 rings (SSSR count). The van der Waals surface area contributed by atoms with Crippen LogP contribution in [-0.2, 0) is 23.6 Å². The number of nitrogens with zero attached hydrogens (tertiary/aromatic N) is 3. The number of benzene rings is 2. The number of anilines is 2. The maximum atomic E-state index is 12.4. The Morgan fingerprint density at radius 1 is 1.08 bits per heavy atom. The average Bonchev–Trinajstić information content (AvgIpc) is 3.00. The van der Waals surface area contributed by atoms with Gasteiger partial charge in [0, 0.05) is 43.8 Å². The Labute approximate surface area is 154 Å². The molecule has 3 aromatic rings. The molecule has 0 bridgehead atoms. The predicted octanol–water partition coefficient (Wildman–Crippen LogP) is 3.17. The summed E-state index contributed by atoms with van der Waals surface area (Å²) in [6.45, 7) is 2.65. The largest absolute Gasteiger partial charge is 0.370 e. The summed E-state index contributed by atoms with van der Waals surface area (Å²) < 4.78 is 29.3. The van der Waals surface area contributed by atoms with E-state index in [1.807, 2.05) is 45.5 Å². The Bertz CT molecular complexity index is 977. The molecule has 136 valence electrons. The maximum absolute atomic E-state index is 12.4. The van der Waals surface area contributed by atoms with E-state index in [-0.39, 0.29) is 4.90 Å². The summed E-state index contributed by atoms with van der Waals surface area (Å²) in [7, 11) is 0.288. The van der Waals surface area contributed by atoms with Crippen molar-refractivity contribution in [1.82, 2.24) is 9.78 Å². The highest BCUT2D eigenvalue weighted by Crippen LogP contribution is 2.21. The number of hydrogen-bond acceptors (Lipinski definition) is 4. The lowest BCUT2D eigenvalue weighted by molar-refractivity contribution is 0.601. The summed E-state index contributed by atoms with van der Waals surface area (Å²) in [6.07, 6.45) is 3.81. The molecule has 0 unspecified atom stereocenters. The van der Waals surface area contributed by atoms with Crippen molar-refractivity contribution in [3.05, 3.63) is 72.1 Å². The van der Waals surface area contributed by atoms with Crippen LogP contribution >= 0.6 is 0 Å².